The number of alkyl halides is 3. The van der Waals surface area contributed by atoms with E-state index in [0.717, 1.165) is 10.9 Å². The fourth-order valence-corrected chi connectivity index (χ4v) is 5.68. The zero-order valence-corrected chi connectivity index (χ0v) is 18.3. The number of carbonyl (C=O) groups is 1. The molecule has 5 nitrogen and oxygen atoms in total. The summed E-state index contributed by atoms with van der Waals surface area (Å²) >= 11 is 1.54. The van der Waals surface area contributed by atoms with Gasteiger partial charge in [-0.3, -0.25) is 4.79 Å². The number of anilines is 1. The van der Waals surface area contributed by atoms with Crippen molar-refractivity contribution in [2.75, 3.05) is 37.7 Å². The Bertz CT molecular complexity index is 1010. The largest absolute Gasteiger partial charge is 0.417 e. The van der Waals surface area contributed by atoms with Crippen molar-refractivity contribution in [3.8, 4) is 6.07 Å². The summed E-state index contributed by atoms with van der Waals surface area (Å²) in [4.78, 5) is 17.5. The molecule has 2 fully saturated rings. The van der Waals surface area contributed by atoms with Crippen molar-refractivity contribution in [3.05, 3.63) is 51.7 Å². The summed E-state index contributed by atoms with van der Waals surface area (Å²) in [7, 11) is 0. The second-order valence-electron chi connectivity index (χ2n) is 8.60. The summed E-state index contributed by atoms with van der Waals surface area (Å²) < 4.78 is 40.0. The molecule has 2 aliphatic heterocycles. The van der Waals surface area contributed by atoms with Crippen molar-refractivity contribution < 1.29 is 23.1 Å². The van der Waals surface area contributed by atoms with Gasteiger partial charge < -0.3 is 14.9 Å². The fraction of sp³-hybridized carbons (Fsp3) is 0.478. The van der Waals surface area contributed by atoms with Crippen LogP contribution in [0.15, 0.2) is 35.7 Å². The van der Waals surface area contributed by atoms with Gasteiger partial charge in [0.2, 0.25) is 5.91 Å². The van der Waals surface area contributed by atoms with Crippen LogP contribution in [0.3, 0.4) is 0 Å². The molecule has 32 heavy (non-hydrogen) atoms. The highest BCUT2D eigenvalue weighted by molar-refractivity contribution is 7.10. The molecule has 2 aliphatic rings. The van der Waals surface area contributed by atoms with Gasteiger partial charge in [-0.25, -0.2) is 0 Å². The third-order valence-electron chi connectivity index (χ3n) is 6.84. The predicted octanol–water partition coefficient (Wildman–Crippen LogP) is 3.92. The van der Waals surface area contributed by atoms with E-state index in [-0.39, 0.29) is 29.4 Å². The van der Waals surface area contributed by atoms with Crippen LogP contribution in [0.25, 0.3) is 0 Å². The molecule has 1 spiro atoms. The molecular formula is C23H24F3N3O2S. The molecule has 1 amide bonds. The number of amides is 1. The van der Waals surface area contributed by atoms with Crippen molar-refractivity contribution in [1.82, 2.24) is 4.90 Å². The Kier molecular flexibility index (Phi) is 6.19. The van der Waals surface area contributed by atoms with E-state index in [9.17, 15) is 23.1 Å². The first-order valence-electron chi connectivity index (χ1n) is 10.5. The number of carbonyl (C=O) groups excluding carboxylic acids is 1. The molecule has 0 bridgehead atoms. The zero-order valence-electron chi connectivity index (χ0n) is 17.4. The number of aliphatic hydroxyl groups is 1. The number of aliphatic hydroxyl groups excluding tert-OH is 1. The molecule has 1 unspecified atom stereocenters. The van der Waals surface area contributed by atoms with Crippen molar-refractivity contribution in [1.29, 1.82) is 5.26 Å². The average molecular weight is 464 g/mol. The van der Waals surface area contributed by atoms with Crippen LogP contribution in [0.4, 0.5) is 18.9 Å². The molecule has 0 aliphatic carbocycles. The van der Waals surface area contributed by atoms with Crippen LogP contribution in [0.5, 0.6) is 0 Å². The lowest BCUT2D eigenvalue weighted by molar-refractivity contribution is -0.137. The Morgan fingerprint density at radius 1 is 1.28 bits per heavy atom. The molecule has 170 valence electrons. The SMILES string of the molecule is N#Cc1ccc(N2CCC3(CC2)CN(C(=O)Cc2cccs2)CC3CO)cc1C(F)(F)F. The van der Waals surface area contributed by atoms with E-state index in [4.69, 9.17) is 5.26 Å². The van der Waals surface area contributed by atoms with Crippen LogP contribution in [0, 0.1) is 22.7 Å². The number of hydrogen-bond acceptors (Lipinski definition) is 5. The minimum Gasteiger partial charge on any atom is -0.396 e. The van der Waals surface area contributed by atoms with Crippen molar-refractivity contribution >= 4 is 22.9 Å². The second-order valence-corrected chi connectivity index (χ2v) is 9.63. The first kappa shape index (κ1) is 22.6. The molecule has 3 heterocycles. The minimum atomic E-state index is -4.59. The monoisotopic (exact) mass is 463 g/mol. The van der Waals surface area contributed by atoms with E-state index in [1.165, 1.54) is 6.07 Å². The Morgan fingerprint density at radius 3 is 2.62 bits per heavy atom. The lowest BCUT2D eigenvalue weighted by Gasteiger charge is -2.43. The van der Waals surface area contributed by atoms with E-state index >= 15 is 0 Å². The Labute approximate surface area is 188 Å². The van der Waals surface area contributed by atoms with E-state index in [1.54, 1.807) is 23.5 Å². The Hall–Kier alpha value is -2.57. The Morgan fingerprint density at radius 2 is 2.03 bits per heavy atom. The standard InChI is InChI=1S/C23H24F3N3O2S/c24-23(25,26)20-10-18(4-3-16(20)12-27)28-7-5-22(6-8-28)15-29(13-17(22)14-30)21(31)11-19-2-1-9-32-19/h1-4,9-10,17,30H,5-8,11,13-15H2. The maximum absolute atomic E-state index is 13.3. The van der Waals surface area contributed by atoms with E-state index in [0.29, 0.717) is 51.1 Å². The molecular weight excluding hydrogens is 439 g/mol. The summed E-state index contributed by atoms with van der Waals surface area (Å²) in [6.45, 7) is 2.13. The molecule has 1 aromatic heterocycles. The van der Waals surface area contributed by atoms with Gasteiger partial charge in [0.15, 0.2) is 0 Å². The zero-order chi connectivity index (χ0) is 22.9. The van der Waals surface area contributed by atoms with Gasteiger partial charge in [-0.05, 0) is 47.9 Å². The molecule has 1 atom stereocenters. The Balaban J connectivity index is 1.46. The van der Waals surface area contributed by atoms with Crippen LogP contribution in [0.1, 0.15) is 28.8 Å². The van der Waals surface area contributed by atoms with Gasteiger partial charge in [0.25, 0.3) is 0 Å². The summed E-state index contributed by atoms with van der Waals surface area (Å²) in [5.41, 5.74) is -1.09. The summed E-state index contributed by atoms with van der Waals surface area (Å²) in [5.74, 6) is 0.00996. The lowest BCUT2D eigenvalue weighted by atomic mass is 9.71. The normalized spacial score (nSPS) is 20.5. The number of thiophene rings is 1. The quantitative estimate of drug-likeness (QED) is 0.747. The number of nitriles is 1. The van der Waals surface area contributed by atoms with Gasteiger partial charge in [0, 0.05) is 49.3 Å². The number of likely N-dealkylation sites (tertiary alicyclic amines) is 1. The highest BCUT2D eigenvalue weighted by Crippen LogP contribution is 2.46. The van der Waals surface area contributed by atoms with Crippen LogP contribution in [-0.4, -0.2) is 48.7 Å². The third kappa shape index (κ3) is 4.34. The molecule has 1 aromatic carbocycles. The topological polar surface area (TPSA) is 67.6 Å². The lowest BCUT2D eigenvalue weighted by Crippen LogP contribution is -2.45. The molecule has 0 saturated carbocycles. The highest BCUT2D eigenvalue weighted by Gasteiger charge is 2.49. The van der Waals surface area contributed by atoms with E-state index in [2.05, 4.69) is 0 Å². The maximum atomic E-state index is 13.3. The third-order valence-corrected chi connectivity index (χ3v) is 7.72. The molecule has 2 saturated heterocycles. The molecule has 4 rings (SSSR count). The smallest absolute Gasteiger partial charge is 0.396 e. The number of benzene rings is 1. The van der Waals surface area contributed by atoms with Crippen LogP contribution < -0.4 is 4.90 Å². The number of piperidine rings is 1. The van der Waals surface area contributed by atoms with Gasteiger partial charge >= 0.3 is 6.18 Å². The van der Waals surface area contributed by atoms with Gasteiger partial charge in [-0.15, -0.1) is 11.3 Å². The van der Waals surface area contributed by atoms with Crippen LogP contribution >= 0.6 is 11.3 Å². The van der Waals surface area contributed by atoms with Gasteiger partial charge in [-0.2, -0.15) is 18.4 Å². The fourth-order valence-electron chi connectivity index (χ4n) is 4.99. The highest BCUT2D eigenvalue weighted by atomic mass is 32.1. The molecule has 2 aromatic rings. The van der Waals surface area contributed by atoms with Crippen LogP contribution in [0.2, 0.25) is 0 Å². The first-order valence-corrected chi connectivity index (χ1v) is 11.4. The molecule has 0 radical (unpaired) electrons. The predicted molar refractivity (Wildman–Crippen MR) is 115 cm³/mol. The number of nitrogens with zero attached hydrogens (tertiary/aromatic N) is 3. The van der Waals surface area contributed by atoms with Crippen molar-refractivity contribution in [2.45, 2.75) is 25.4 Å². The number of hydrogen-bond donors (Lipinski definition) is 1. The summed E-state index contributed by atoms with van der Waals surface area (Å²) in [6.07, 6.45) is -2.87. The van der Waals surface area contributed by atoms with E-state index < -0.39 is 11.7 Å². The summed E-state index contributed by atoms with van der Waals surface area (Å²) in [6, 6.07) is 9.29. The van der Waals surface area contributed by atoms with Crippen molar-refractivity contribution in [2.24, 2.45) is 11.3 Å². The van der Waals surface area contributed by atoms with Gasteiger partial charge in [-0.1, -0.05) is 6.07 Å². The first-order chi connectivity index (χ1) is 15.3. The minimum absolute atomic E-state index is 0.0160. The van der Waals surface area contributed by atoms with E-state index in [1.807, 2.05) is 27.3 Å². The maximum Gasteiger partial charge on any atom is 0.417 e. The summed E-state index contributed by atoms with van der Waals surface area (Å²) in [5, 5.41) is 20.9. The molecule has 9 heteroatoms. The second kappa shape index (κ2) is 8.75. The number of rotatable bonds is 4. The van der Waals surface area contributed by atoms with Gasteiger partial charge in [0.1, 0.15) is 0 Å². The van der Waals surface area contributed by atoms with Crippen molar-refractivity contribution in [3.63, 3.8) is 0 Å². The van der Waals surface area contributed by atoms with Gasteiger partial charge in [0.05, 0.1) is 23.6 Å². The number of halogens is 3. The molecule has 1 N–H and O–H groups in total. The van der Waals surface area contributed by atoms with Crippen LogP contribution in [-0.2, 0) is 17.4 Å². The average Bonchev–Trinajstić information content (AvgIpc) is 3.41.